The van der Waals surface area contributed by atoms with Gasteiger partial charge in [-0.15, -0.1) is 0 Å². The van der Waals surface area contributed by atoms with E-state index in [9.17, 15) is 4.79 Å². The van der Waals surface area contributed by atoms with Gasteiger partial charge in [0.25, 0.3) is 0 Å². The van der Waals surface area contributed by atoms with Crippen molar-refractivity contribution < 1.29 is 9.53 Å². The molecule has 0 aliphatic carbocycles. The summed E-state index contributed by atoms with van der Waals surface area (Å²) >= 11 is 18.2. The van der Waals surface area contributed by atoms with Crippen LogP contribution in [0.5, 0.6) is 0 Å². The van der Waals surface area contributed by atoms with E-state index in [0.29, 0.717) is 43.9 Å². The van der Waals surface area contributed by atoms with Gasteiger partial charge in [0, 0.05) is 37.0 Å². The van der Waals surface area contributed by atoms with Crippen LogP contribution in [-0.4, -0.2) is 36.0 Å². The Balaban J connectivity index is 1.85. The lowest BCUT2D eigenvalue weighted by Crippen LogP contribution is -2.56. The van der Waals surface area contributed by atoms with Gasteiger partial charge in [-0.05, 0) is 5.56 Å². The first-order chi connectivity index (χ1) is 9.95. The Morgan fingerprint density at radius 2 is 1.76 bits per heavy atom. The molecular formula is C15H16Cl3NO2. The van der Waals surface area contributed by atoms with Crippen molar-refractivity contribution in [1.82, 2.24) is 4.90 Å². The molecule has 6 heteroatoms. The molecule has 114 valence electrons. The van der Waals surface area contributed by atoms with E-state index >= 15 is 0 Å². The molecule has 0 radical (unpaired) electrons. The van der Waals surface area contributed by atoms with Gasteiger partial charge in [-0.2, -0.15) is 0 Å². The number of Topliss-reactive ketones (excluding diaryl/α,β-unsaturated/α-hetero) is 1. The Labute approximate surface area is 139 Å². The van der Waals surface area contributed by atoms with E-state index in [4.69, 9.17) is 39.5 Å². The van der Waals surface area contributed by atoms with Gasteiger partial charge in [-0.25, -0.2) is 0 Å². The van der Waals surface area contributed by atoms with Crippen LogP contribution >= 0.6 is 34.8 Å². The topological polar surface area (TPSA) is 29.5 Å². The highest BCUT2D eigenvalue weighted by Gasteiger charge is 2.39. The molecule has 3 nitrogen and oxygen atoms in total. The van der Waals surface area contributed by atoms with Gasteiger partial charge in [0.2, 0.25) is 3.79 Å². The van der Waals surface area contributed by atoms with Crippen LogP contribution < -0.4 is 0 Å². The van der Waals surface area contributed by atoms with Crippen molar-refractivity contribution in [2.75, 3.05) is 13.2 Å². The number of carbonyl (C=O) groups excluding carboxylic acids is 1. The molecule has 2 aliphatic heterocycles. The van der Waals surface area contributed by atoms with Crippen LogP contribution in [-0.2, 0) is 19.9 Å². The summed E-state index contributed by atoms with van der Waals surface area (Å²) in [6.07, 6.45) is 1.10. The van der Waals surface area contributed by atoms with E-state index in [1.807, 2.05) is 24.3 Å². The van der Waals surface area contributed by atoms with Gasteiger partial charge in [-0.1, -0.05) is 59.1 Å². The van der Waals surface area contributed by atoms with Crippen LogP contribution in [0.2, 0.25) is 0 Å². The average Bonchev–Trinajstić information content (AvgIpc) is 2.39. The van der Waals surface area contributed by atoms with E-state index in [1.54, 1.807) is 0 Å². The number of alkyl halides is 3. The number of piperidine rings is 1. The number of morpholine rings is 1. The number of carbonyl (C=O) groups is 1. The van der Waals surface area contributed by atoms with E-state index in [2.05, 4.69) is 4.90 Å². The van der Waals surface area contributed by atoms with E-state index in [-0.39, 0.29) is 12.1 Å². The Bertz CT molecular complexity index is 528. The number of fused-ring (bicyclic) bond motifs is 2. The van der Waals surface area contributed by atoms with Crippen molar-refractivity contribution in [2.45, 2.75) is 35.3 Å². The lowest BCUT2D eigenvalue weighted by molar-refractivity contribution is -0.136. The molecule has 0 saturated carbocycles. The minimum absolute atomic E-state index is 0.133. The highest BCUT2D eigenvalue weighted by molar-refractivity contribution is 6.66. The molecule has 0 aromatic heterocycles. The first-order valence-corrected chi connectivity index (χ1v) is 8.09. The molecule has 0 spiro atoms. The minimum atomic E-state index is -1.44. The predicted octanol–water partition coefficient (Wildman–Crippen LogP) is 3.45. The third-order valence-electron chi connectivity index (χ3n) is 4.16. The maximum absolute atomic E-state index is 11.8. The van der Waals surface area contributed by atoms with E-state index in [0.717, 1.165) is 5.56 Å². The molecule has 2 unspecified atom stereocenters. The quantitative estimate of drug-likeness (QED) is 0.767. The second-order valence-electron chi connectivity index (χ2n) is 5.62. The normalized spacial score (nSPS) is 26.9. The zero-order valence-corrected chi connectivity index (χ0v) is 13.7. The fraction of sp³-hybridized carbons (Fsp3) is 0.533. The number of hydrogen-bond donors (Lipinski definition) is 0. The number of ketones is 1. The molecule has 2 aliphatic rings. The van der Waals surface area contributed by atoms with Crippen LogP contribution in [0.25, 0.3) is 0 Å². The molecule has 2 atom stereocenters. The molecule has 2 heterocycles. The largest absolute Gasteiger partial charge is 0.378 e. The zero-order chi connectivity index (χ0) is 15.0. The standard InChI is InChI=1S/C15H16Cl3NO2/c16-15(17,18)14-4-2-1-3-10(14)7-19-11-5-13(20)6-12(19)9-21-8-11/h1-4,11-12H,5-9H2. The monoisotopic (exact) mass is 347 g/mol. The van der Waals surface area contributed by atoms with Crippen molar-refractivity contribution in [3.05, 3.63) is 35.4 Å². The SMILES string of the molecule is O=C1CC2COCC(C1)N2Cc1ccccc1C(Cl)(Cl)Cl. The van der Waals surface area contributed by atoms with Gasteiger partial charge in [-0.3, -0.25) is 9.69 Å². The fourth-order valence-electron chi connectivity index (χ4n) is 3.18. The smallest absolute Gasteiger partial charge is 0.216 e. The van der Waals surface area contributed by atoms with Crippen LogP contribution in [0.1, 0.15) is 24.0 Å². The summed E-state index contributed by atoms with van der Waals surface area (Å²) in [5.41, 5.74) is 1.69. The summed E-state index contributed by atoms with van der Waals surface area (Å²) in [7, 11) is 0. The summed E-state index contributed by atoms with van der Waals surface area (Å²) in [6.45, 7) is 1.87. The predicted molar refractivity (Wildman–Crippen MR) is 83.9 cm³/mol. The maximum atomic E-state index is 11.8. The number of ether oxygens (including phenoxy) is 1. The molecule has 2 saturated heterocycles. The number of hydrogen-bond acceptors (Lipinski definition) is 3. The highest BCUT2D eigenvalue weighted by atomic mass is 35.6. The molecule has 3 rings (SSSR count). The van der Waals surface area contributed by atoms with Crippen molar-refractivity contribution in [3.63, 3.8) is 0 Å². The summed E-state index contributed by atoms with van der Waals surface area (Å²) in [4.78, 5) is 14.1. The Morgan fingerprint density at radius 1 is 1.14 bits per heavy atom. The van der Waals surface area contributed by atoms with Gasteiger partial charge in [0.15, 0.2) is 0 Å². The second kappa shape index (κ2) is 6.05. The number of rotatable bonds is 2. The van der Waals surface area contributed by atoms with Gasteiger partial charge >= 0.3 is 0 Å². The second-order valence-corrected chi connectivity index (χ2v) is 7.90. The zero-order valence-electron chi connectivity index (χ0n) is 11.4. The van der Waals surface area contributed by atoms with Crippen LogP contribution in [0.4, 0.5) is 0 Å². The van der Waals surface area contributed by atoms with Gasteiger partial charge in [0.05, 0.1) is 13.2 Å². The summed E-state index contributed by atoms with van der Waals surface area (Å²) in [5, 5.41) is 0. The average molecular weight is 349 g/mol. The molecule has 21 heavy (non-hydrogen) atoms. The number of halogens is 3. The Hall–Kier alpha value is -0.320. The Morgan fingerprint density at radius 3 is 2.38 bits per heavy atom. The molecule has 1 aromatic rings. The molecule has 2 bridgehead atoms. The molecule has 1 aromatic carbocycles. The first kappa shape index (κ1) is 15.6. The van der Waals surface area contributed by atoms with Crippen molar-refractivity contribution in [1.29, 1.82) is 0 Å². The first-order valence-electron chi connectivity index (χ1n) is 6.95. The van der Waals surface area contributed by atoms with Crippen LogP contribution in [0.3, 0.4) is 0 Å². The molecule has 0 N–H and O–H groups in total. The van der Waals surface area contributed by atoms with E-state index in [1.165, 1.54) is 0 Å². The molecule has 0 amide bonds. The third kappa shape index (κ3) is 3.38. The summed E-state index contributed by atoms with van der Waals surface area (Å²) in [6, 6.07) is 7.89. The van der Waals surface area contributed by atoms with Crippen molar-refractivity contribution >= 4 is 40.6 Å². The third-order valence-corrected chi connectivity index (χ3v) is 4.77. The Kier molecular flexibility index (Phi) is 4.49. The van der Waals surface area contributed by atoms with Crippen LogP contribution in [0, 0.1) is 0 Å². The van der Waals surface area contributed by atoms with Crippen LogP contribution in [0.15, 0.2) is 24.3 Å². The molecule has 2 fully saturated rings. The summed E-state index contributed by atoms with van der Waals surface area (Å²) in [5.74, 6) is 0.319. The minimum Gasteiger partial charge on any atom is -0.378 e. The summed E-state index contributed by atoms with van der Waals surface area (Å²) < 4.78 is 4.14. The lowest BCUT2D eigenvalue weighted by Gasteiger charge is -2.45. The van der Waals surface area contributed by atoms with Gasteiger partial charge in [0.1, 0.15) is 5.78 Å². The molecular weight excluding hydrogens is 333 g/mol. The van der Waals surface area contributed by atoms with E-state index < -0.39 is 3.79 Å². The highest BCUT2D eigenvalue weighted by Crippen LogP contribution is 2.41. The van der Waals surface area contributed by atoms with Crippen molar-refractivity contribution in [3.8, 4) is 0 Å². The lowest BCUT2D eigenvalue weighted by atomic mass is 9.92. The maximum Gasteiger partial charge on any atom is 0.216 e. The number of benzene rings is 1. The van der Waals surface area contributed by atoms with Crippen molar-refractivity contribution in [2.24, 2.45) is 0 Å². The van der Waals surface area contributed by atoms with Gasteiger partial charge < -0.3 is 4.74 Å². The number of nitrogens with zero attached hydrogens (tertiary/aromatic N) is 1. The fourth-order valence-corrected chi connectivity index (χ4v) is 3.73.